The molecule has 3 N–H and O–H groups in total. The summed E-state index contributed by atoms with van der Waals surface area (Å²) in [5.74, 6) is -1.69. The first-order valence-electron chi connectivity index (χ1n) is 8.70. The fraction of sp³-hybridized carbons (Fsp3) is 0.444. The van der Waals surface area contributed by atoms with E-state index in [9.17, 15) is 19.2 Å². The Balaban J connectivity index is 1.75. The number of rotatable bonds is 8. The van der Waals surface area contributed by atoms with Gasteiger partial charge in [0.2, 0.25) is 5.91 Å². The molecule has 1 aromatic carbocycles. The summed E-state index contributed by atoms with van der Waals surface area (Å²) in [6, 6.07) is 6.11. The van der Waals surface area contributed by atoms with Crippen LogP contribution in [-0.2, 0) is 23.9 Å². The number of fused-ring (bicyclic) bond motifs is 1. The molecule has 2 rings (SSSR count). The third-order valence-corrected chi connectivity index (χ3v) is 3.74. The second-order valence-corrected chi connectivity index (χ2v) is 6.04. The van der Waals surface area contributed by atoms with Crippen molar-refractivity contribution in [3.63, 3.8) is 0 Å². The van der Waals surface area contributed by atoms with Gasteiger partial charge in [0, 0.05) is 6.54 Å². The number of carbonyl (C=O) groups excluding carboxylic acids is 4. The van der Waals surface area contributed by atoms with Gasteiger partial charge < -0.3 is 25.4 Å². The van der Waals surface area contributed by atoms with Crippen LogP contribution in [0.25, 0.3) is 0 Å². The van der Waals surface area contributed by atoms with Gasteiger partial charge in [0.15, 0.2) is 12.7 Å². The number of carbonyl (C=O) groups is 4. The van der Waals surface area contributed by atoms with Gasteiger partial charge in [-0.2, -0.15) is 0 Å². The number of anilines is 1. The number of nitrogens with one attached hydrogen (secondary N) is 3. The van der Waals surface area contributed by atoms with Crippen molar-refractivity contribution in [2.45, 2.75) is 38.8 Å². The molecule has 1 aliphatic rings. The summed E-state index contributed by atoms with van der Waals surface area (Å²) in [6.07, 6.45) is -0.583. The van der Waals surface area contributed by atoms with E-state index in [4.69, 9.17) is 9.47 Å². The summed E-state index contributed by atoms with van der Waals surface area (Å²) in [5, 5.41) is 7.72. The zero-order valence-corrected chi connectivity index (χ0v) is 15.2. The molecule has 3 amide bonds. The molecule has 1 aliphatic heterocycles. The standard InChI is InChI=1S/C18H23N3O6/c1-3-8-19-17(24)11(2)20-15(22)10-26-16(23)9-14-18(25)21-12-6-4-5-7-13(12)27-14/h4-7,11,14H,3,8-10H2,1-2H3,(H,19,24)(H,20,22)(H,21,25)/t11-,14-/m0/s1. The van der Waals surface area contributed by atoms with Crippen LogP contribution >= 0.6 is 0 Å². The molecule has 27 heavy (non-hydrogen) atoms. The van der Waals surface area contributed by atoms with Crippen molar-refractivity contribution in [2.24, 2.45) is 0 Å². The zero-order valence-electron chi connectivity index (χ0n) is 15.2. The van der Waals surface area contributed by atoms with E-state index < -0.39 is 36.5 Å². The van der Waals surface area contributed by atoms with Crippen molar-refractivity contribution >= 4 is 29.4 Å². The zero-order chi connectivity index (χ0) is 19.8. The second-order valence-electron chi connectivity index (χ2n) is 6.04. The van der Waals surface area contributed by atoms with Crippen LogP contribution in [0.15, 0.2) is 24.3 Å². The molecule has 0 aromatic heterocycles. The van der Waals surface area contributed by atoms with E-state index in [0.717, 1.165) is 6.42 Å². The Morgan fingerprint density at radius 3 is 2.78 bits per heavy atom. The normalized spacial score (nSPS) is 16.2. The Labute approximate surface area is 156 Å². The fourth-order valence-corrected chi connectivity index (χ4v) is 2.33. The fourth-order valence-electron chi connectivity index (χ4n) is 2.33. The average molecular weight is 377 g/mol. The van der Waals surface area contributed by atoms with Gasteiger partial charge >= 0.3 is 5.97 Å². The molecule has 9 nitrogen and oxygen atoms in total. The minimum absolute atomic E-state index is 0.317. The van der Waals surface area contributed by atoms with Gasteiger partial charge in [0.05, 0.1) is 12.1 Å². The summed E-state index contributed by atoms with van der Waals surface area (Å²) < 4.78 is 10.4. The predicted octanol–water partition coefficient (Wildman–Crippen LogP) is 0.350. The minimum atomic E-state index is -1.03. The lowest BCUT2D eigenvalue weighted by Crippen LogP contribution is -2.46. The number of para-hydroxylation sites is 2. The van der Waals surface area contributed by atoms with Gasteiger partial charge in [-0.3, -0.25) is 19.2 Å². The lowest BCUT2D eigenvalue weighted by atomic mass is 10.1. The summed E-state index contributed by atoms with van der Waals surface area (Å²) in [4.78, 5) is 47.3. The van der Waals surface area contributed by atoms with Crippen LogP contribution < -0.4 is 20.7 Å². The van der Waals surface area contributed by atoms with Crippen molar-refractivity contribution in [3.8, 4) is 5.75 Å². The third-order valence-electron chi connectivity index (χ3n) is 3.74. The summed E-state index contributed by atoms with van der Waals surface area (Å²) >= 11 is 0. The Morgan fingerprint density at radius 2 is 2.04 bits per heavy atom. The van der Waals surface area contributed by atoms with Crippen LogP contribution in [0.3, 0.4) is 0 Å². The summed E-state index contributed by atoms with van der Waals surface area (Å²) in [5.41, 5.74) is 0.529. The highest BCUT2D eigenvalue weighted by Crippen LogP contribution is 2.29. The maximum absolute atomic E-state index is 12.0. The molecule has 146 valence electrons. The van der Waals surface area contributed by atoms with Gasteiger partial charge in [-0.1, -0.05) is 19.1 Å². The average Bonchev–Trinajstić information content (AvgIpc) is 2.65. The highest BCUT2D eigenvalue weighted by molar-refractivity contribution is 5.99. The molecule has 0 aliphatic carbocycles. The van der Waals surface area contributed by atoms with Gasteiger partial charge in [0.1, 0.15) is 11.8 Å². The van der Waals surface area contributed by atoms with Gasteiger partial charge in [-0.15, -0.1) is 0 Å². The van der Waals surface area contributed by atoms with E-state index in [0.29, 0.717) is 18.0 Å². The van der Waals surface area contributed by atoms with E-state index in [2.05, 4.69) is 16.0 Å². The first-order chi connectivity index (χ1) is 12.9. The van der Waals surface area contributed by atoms with E-state index in [-0.39, 0.29) is 12.3 Å². The molecule has 0 fully saturated rings. The molecular weight excluding hydrogens is 354 g/mol. The summed E-state index contributed by atoms with van der Waals surface area (Å²) in [6.45, 7) is 3.41. The lowest BCUT2D eigenvalue weighted by molar-refractivity contribution is -0.151. The van der Waals surface area contributed by atoms with Crippen LogP contribution in [0, 0.1) is 0 Å². The molecule has 0 saturated carbocycles. The van der Waals surface area contributed by atoms with Crippen LogP contribution in [0.4, 0.5) is 5.69 Å². The quantitative estimate of drug-likeness (QED) is 0.562. The molecule has 0 radical (unpaired) electrons. The molecule has 0 bridgehead atoms. The lowest BCUT2D eigenvalue weighted by Gasteiger charge is -2.25. The SMILES string of the molecule is CCCNC(=O)[C@H](C)NC(=O)COC(=O)C[C@@H]1Oc2ccccc2NC1=O. The van der Waals surface area contributed by atoms with Crippen molar-refractivity contribution in [1.82, 2.24) is 10.6 Å². The monoisotopic (exact) mass is 377 g/mol. The Hall–Kier alpha value is -3.10. The number of hydrogen-bond donors (Lipinski definition) is 3. The van der Waals surface area contributed by atoms with Crippen molar-refractivity contribution in [1.29, 1.82) is 0 Å². The topological polar surface area (TPSA) is 123 Å². The Kier molecular flexibility index (Phi) is 7.16. The van der Waals surface area contributed by atoms with E-state index in [1.165, 1.54) is 6.92 Å². The molecular formula is C18H23N3O6. The molecule has 2 atom stereocenters. The largest absolute Gasteiger partial charge is 0.478 e. The first kappa shape index (κ1) is 20.2. The van der Waals surface area contributed by atoms with Gasteiger partial charge in [-0.05, 0) is 25.5 Å². The van der Waals surface area contributed by atoms with Gasteiger partial charge in [0.25, 0.3) is 11.8 Å². The molecule has 1 aromatic rings. The Bertz CT molecular complexity index is 721. The number of amides is 3. The molecule has 0 spiro atoms. The summed E-state index contributed by atoms with van der Waals surface area (Å²) in [7, 11) is 0. The Morgan fingerprint density at radius 1 is 1.30 bits per heavy atom. The maximum atomic E-state index is 12.0. The molecule has 0 unspecified atom stereocenters. The highest BCUT2D eigenvalue weighted by atomic mass is 16.5. The minimum Gasteiger partial charge on any atom is -0.478 e. The second kappa shape index (κ2) is 9.56. The first-order valence-corrected chi connectivity index (χ1v) is 8.70. The molecule has 9 heteroatoms. The molecule has 0 saturated heterocycles. The number of ether oxygens (including phenoxy) is 2. The van der Waals surface area contributed by atoms with E-state index in [1.807, 2.05) is 6.92 Å². The van der Waals surface area contributed by atoms with E-state index in [1.54, 1.807) is 24.3 Å². The number of esters is 1. The predicted molar refractivity (Wildman–Crippen MR) is 96.0 cm³/mol. The highest BCUT2D eigenvalue weighted by Gasteiger charge is 2.30. The maximum Gasteiger partial charge on any atom is 0.310 e. The third kappa shape index (κ3) is 5.98. The van der Waals surface area contributed by atoms with Gasteiger partial charge in [-0.25, -0.2) is 0 Å². The van der Waals surface area contributed by atoms with Crippen molar-refractivity contribution in [2.75, 3.05) is 18.5 Å². The van der Waals surface area contributed by atoms with Crippen molar-refractivity contribution < 1.29 is 28.7 Å². The van der Waals surface area contributed by atoms with Crippen LogP contribution in [0.1, 0.15) is 26.7 Å². The smallest absolute Gasteiger partial charge is 0.310 e. The number of hydrogen-bond acceptors (Lipinski definition) is 6. The molecule has 1 heterocycles. The van der Waals surface area contributed by atoms with Crippen LogP contribution in [-0.4, -0.2) is 49.0 Å². The van der Waals surface area contributed by atoms with Crippen molar-refractivity contribution in [3.05, 3.63) is 24.3 Å². The van der Waals surface area contributed by atoms with Crippen LogP contribution in [0.2, 0.25) is 0 Å². The van der Waals surface area contributed by atoms with E-state index >= 15 is 0 Å². The van der Waals surface area contributed by atoms with Crippen LogP contribution in [0.5, 0.6) is 5.75 Å². The number of benzene rings is 1.